The largest absolute Gasteiger partial charge is 0.383 e. The highest BCUT2D eigenvalue weighted by atomic mass is 15.4. The van der Waals surface area contributed by atoms with Gasteiger partial charge in [-0.2, -0.15) is 15.1 Å². The molecule has 3 aliphatic rings. The van der Waals surface area contributed by atoms with Crippen LogP contribution in [-0.4, -0.2) is 50.3 Å². The molecule has 140 valence electrons. The molecule has 0 radical (unpaired) electrons. The van der Waals surface area contributed by atoms with Crippen molar-refractivity contribution in [2.75, 3.05) is 30.3 Å². The van der Waals surface area contributed by atoms with Gasteiger partial charge in [0.15, 0.2) is 5.65 Å². The van der Waals surface area contributed by atoms with E-state index in [9.17, 15) is 0 Å². The molecule has 3 aliphatic heterocycles. The third-order valence-corrected chi connectivity index (χ3v) is 5.90. The molecule has 0 amide bonds. The first-order valence-electron chi connectivity index (χ1n) is 9.65. The third kappa shape index (κ3) is 3.02. The van der Waals surface area contributed by atoms with E-state index >= 15 is 0 Å². The number of hydrogen-bond donors (Lipinski definition) is 1. The Hall–Kier alpha value is -2.67. The van der Waals surface area contributed by atoms with Gasteiger partial charge in [0, 0.05) is 39.3 Å². The summed E-state index contributed by atoms with van der Waals surface area (Å²) in [5, 5.41) is 5.10. The minimum atomic E-state index is 0.428. The fraction of sp³-hybridized carbons (Fsp3) is 0.450. The van der Waals surface area contributed by atoms with Crippen molar-refractivity contribution < 1.29 is 0 Å². The smallest absolute Gasteiger partial charge is 0.229 e. The van der Waals surface area contributed by atoms with Gasteiger partial charge in [-0.3, -0.25) is 9.58 Å². The Bertz CT molecular complexity index is 952. The van der Waals surface area contributed by atoms with E-state index in [2.05, 4.69) is 50.2 Å². The van der Waals surface area contributed by atoms with Crippen LogP contribution < -0.4 is 10.6 Å². The average molecular weight is 363 g/mol. The molecule has 6 rings (SSSR count). The first kappa shape index (κ1) is 16.5. The second kappa shape index (κ2) is 6.49. The maximum Gasteiger partial charge on any atom is 0.229 e. The van der Waals surface area contributed by atoms with Crippen molar-refractivity contribution >= 4 is 22.8 Å². The maximum atomic E-state index is 6.20. The molecule has 2 aromatic heterocycles. The molecule has 2 N–H and O–H groups in total. The third-order valence-electron chi connectivity index (χ3n) is 5.90. The van der Waals surface area contributed by atoms with Gasteiger partial charge >= 0.3 is 0 Å². The van der Waals surface area contributed by atoms with Crippen molar-refractivity contribution in [3.8, 4) is 0 Å². The summed E-state index contributed by atoms with van der Waals surface area (Å²) < 4.78 is 1.77. The zero-order chi connectivity index (χ0) is 18.4. The van der Waals surface area contributed by atoms with E-state index in [-0.39, 0.29) is 0 Å². The molecule has 3 saturated heterocycles. The number of piperidine rings is 1. The van der Waals surface area contributed by atoms with E-state index in [4.69, 9.17) is 10.7 Å². The van der Waals surface area contributed by atoms with Crippen LogP contribution in [-0.2, 0) is 13.6 Å². The minimum Gasteiger partial charge on any atom is -0.383 e. The number of benzene rings is 1. The quantitative estimate of drug-likeness (QED) is 0.767. The summed E-state index contributed by atoms with van der Waals surface area (Å²) in [4.78, 5) is 14.4. The van der Waals surface area contributed by atoms with Gasteiger partial charge in [0.2, 0.25) is 5.95 Å². The van der Waals surface area contributed by atoms with E-state index in [0.717, 1.165) is 43.2 Å². The average Bonchev–Trinajstić information content (AvgIpc) is 2.85. The minimum absolute atomic E-state index is 0.428. The van der Waals surface area contributed by atoms with Crippen molar-refractivity contribution in [1.82, 2.24) is 24.6 Å². The number of fused-ring (bicyclic) bond motifs is 5. The zero-order valence-corrected chi connectivity index (χ0v) is 15.6. The molecule has 7 nitrogen and oxygen atoms in total. The molecule has 3 fully saturated rings. The fourth-order valence-corrected chi connectivity index (χ4v) is 4.56. The lowest BCUT2D eigenvalue weighted by Crippen LogP contribution is -2.45. The van der Waals surface area contributed by atoms with Crippen LogP contribution in [0.25, 0.3) is 11.0 Å². The summed E-state index contributed by atoms with van der Waals surface area (Å²) in [6, 6.07) is 11.2. The predicted molar refractivity (Wildman–Crippen MR) is 106 cm³/mol. The van der Waals surface area contributed by atoms with Crippen molar-refractivity contribution in [2.24, 2.45) is 13.0 Å². The second-order valence-electron chi connectivity index (χ2n) is 7.84. The fourth-order valence-electron chi connectivity index (χ4n) is 4.56. The molecule has 5 heterocycles. The Morgan fingerprint density at radius 1 is 1.07 bits per heavy atom. The Morgan fingerprint density at radius 3 is 2.78 bits per heavy atom. The second-order valence-corrected chi connectivity index (χ2v) is 7.84. The SMILES string of the molecule is Cn1ncc2c(N)nc(N3C[C@@H]4CC[C@H]3CN(Cc3ccccc3)C4)nc21. The molecule has 2 bridgehead atoms. The van der Waals surface area contributed by atoms with Gasteiger partial charge in [-0.15, -0.1) is 0 Å². The Balaban J connectivity index is 1.43. The lowest BCUT2D eigenvalue weighted by Gasteiger charge is -2.36. The number of nitrogens with two attached hydrogens (primary N) is 1. The van der Waals surface area contributed by atoms with Crippen LogP contribution in [0.5, 0.6) is 0 Å². The topological polar surface area (TPSA) is 76.1 Å². The van der Waals surface area contributed by atoms with Crippen LogP contribution in [0.15, 0.2) is 36.5 Å². The number of rotatable bonds is 3. The highest BCUT2D eigenvalue weighted by Gasteiger charge is 2.36. The van der Waals surface area contributed by atoms with E-state index in [1.165, 1.54) is 18.4 Å². The molecule has 0 saturated carbocycles. The molecular weight excluding hydrogens is 338 g/mol. The van der Waals surface area contributed by atoms with Crippen LogP contribution in [0.2, 0.25) is 0 Å². The summed E-state index contributed by atoms with van der Waals surface area (Å²) in [5.74, 6) is 1.91. The van der Waals surface area contributed by atoms with Gasteiger partial charge in [0.25, 0.3) is 0 Å². The first-order chi connectivity index (χ1) is 13.2. The summed E-state index contributed by atoms with van der Waals surface area (Å²) in [6.45, 7) is 4.17. The maximum absolute atomic E-state index is 6.20. The van der Waals surface area contributed by atoms with Crippen LogP contribution in [0, 0.1) is 5.92 Å². The standard InChI is InChI=1S/C20H25N7/c1-25-19-17(9-22-25)18(21)23-20(24-19)27-12-15-7-8-16(27)13-26(11-15)10-14-5-3-2-4-6-14/h2-6,9,15-16H,7-8,10-13H2,1H3,(H2,21,23,24)/t15-,16+/m1/s1. The summed E-state index contributed by atoms with van der Waals surface area (Å²) in [6.07, 6.45) is 4.20. The van der Waals surface area contributed by atoms with Crippen molar-refractivity contribution in [2.45, 2.75) is 25.4 Å². The monoisotopic (exact) mass is 363 g/mol. The van der Waals surface area contributed by atoms with Crippen molar-refractivity contribution in [3.63, 3.8) is 0 Å². The van der Waals surface area contributed by atoms with Crippen LogP contribution in [0.1, 0.15) is 18.4 Å². The highest BCUT2D eigenvalue weighted by Crippen LogP contribution is 2.32. The lowest BCUT2D eigenvalue weighted by atomic mass is 9.95. The van der Waals surface area contributed by atoms with E-state index in [1.54, 1.807) is 10.9 Å². The van der Waals surface area contributed by atoms with E-state index in [0.29, 0.717) is 17.8 Å². The molecule has 7 heteroatoms. The van der Waals surface area contributed by atoms with Crippen LogP contribution >= 0.6 is 0 Å². The number of nitrogen functional groups attached to an aromatic ring is 1. The van der Waals surface area contributed by atoms with Gasteiger partial charge in [0.1, 0.15) is 5.82 Å². The Labute approximate surface area is 158 Å². The summed E-state index contributed by atoms with van der Waals surface area (Å²) in [5.41, 5.74) is 8.38. The normalized spacial score (nSPS) is 23.1. The van der Waals surface area contributed by atoms with Gasteiger partial charge < -0.3 is 10.6 Å². The predicted octanol–water partition coefficient (Wildman–Crippen LogP) is 2.05. The molecule has 0 spiro atoms. The van der Waals surface area contributed by atoms with Crippen LogP contribution in [0.3, 0.4) is 0 Å². The highest BCUT2D eigenvalue weighted by molar-refractivity contribution is 5.86. The number of nitrogens with zero attached hydrogens (tertiary/aromatic N) is 6. The first-order valence-corrected chi connectivity index (χ1v) is 9.65. The van der Waals surface area contributed by atoms with E-state index < -0.39 is 0 Å². The molecule has 2 atom stereocenters. The molecule has 1 aromatic carbocycles. The Kier molecular flexibility index (Phi) is 3.97. The Morgan fingerprint density at radius 2 is 1.93 bits per heavy atom. The molecule has 0 unspecified atom stereocenters. The van der Waals surface area contributed by atoms with Gasteiger partial charge in [-0.25, -0.2) is 0 Å². The molecular formula is C20H25N7. The molecule has 27 heavy (non-hydrogen) atoms. The lowest BCUT2D eigenvalue weighted by molar-refractivity contribution is 0.256. The number of aryl methyl sites for hydroxylation is 1. The summed E-state index contributed by atoms with van der Waals surface area (Å²) >= 11 is 0. The van der Waals surface area contributed by atoms with Gasteiger partial charge in [-0.05, 0) is 24.3 Å². The molecule has 0 aliphatic carbocycles. The van der Waals surface area contributed by atoms with Gasteiger partial charge in [0.05, 0.1) is 11.6 Å². The number of anilines is 2. The zero-order valence-electron chi connectivity index (χ0n) is 15.6. The number of hydrogen-bond acceptors (Lipinski definition) is 6. The molecule has 3 aromatic rings. The van der Waals surface area contributed by atoms with Crippen molar-refractivity contribution in [1.29, 1.82) is 0 Å². The van der Waals surface area contributed by atoms with Crippen LogP contribution in [0.4, 0.5) is 11.8 Å². The van der Waals surface area contributed by atoms with Gasteiger partial charge in [-0.1, -0.05) is 30.3 Å². The van der Waals surface area contributed by atoms with Crippen molar-refractivity contribution in [3.05, 3.63) is 42.1 Å². The number of aromatic nitrogens is 4. The summed E-state index contributed by atoms with van der Waals surface area (Å²) in [7, 11) is 1.90. The van der Waals surface area contributed by atoms with E-state index in [1.807, 2.05) is 7.05 Å².